The number of nitrogens with one attached hydrogen (secondary N) is 1. The molecule has 1 amide bonds. The van der Waals surface area contributed by atoms with Gasteiger partial charge in [0.1, 0.15) is 11.5 Å². The Kier molecular flexibility index (Phi) is 6.27. The normalized spacial score (nSPS) is 19.8. The van der Waals surface area contributed by atoms with E-state index in [0.717, 1.165) is 62.3 Å². The smallest absolute Gasteiger partial charge is 0.237 e. The number of benzene rings is 2. The van der Waals surface area contributed by atoms with Crippen LogP contribution in [0.5, 0.6) is 11.5 Å². The van der Waals surface area contributed by atoms with Crippen LogP contribution in [0.4, 0.5) is 0 Å². The van der Waals surface area contributed by atoms with Crippen LogP contribution in [0.15, 0.2) is 48.7 Å². The highest BCUT2D eigenvalue weighted by Gasteiger charge is 2.32. The molecule has 6 heteroatoms. The number of piperidine rings is 1. The van der Waals surface area contributed by atoms with Crippen LogP contribution in [-0.2, 0) is 4.79 Å². The average Bonchev–Trinajstić information content (AvgIpc) is 3.52. The second kappa shape index (κ2) is 9.48. The molecule has 1 aromatic heterocycles. The Morgan fingerprint density at radius 1 is 1.00 bits per heavy atom. The fourth-order valence-corrected chi connectivity index (χ4v) is 5.53. The van der Waals surface area contributed by atoms with E-state index in [-0.39, 0.29) is 11.9 Å². The maximum absolute atomic E-state index is 13.2. The molecule has 2 fully saturated rings. The molecule has 2 aliphatic heterocycles. The SMILES string of the molecule is COc1cccc(C2CCCN2C(=O)CN2CCC(c3c[nH]c4ccc(OC)cc34)CC2)c1. The minimum atomic E-state index is 0.159. The summed E-state index contributed by atoms with van der Waals surface area (Å²) < 4.78 is 10.8. The van der Waals surface area contributed by atoms with Crippen molar-refractivity contribution in [1.29, 1.82) is 0 Å². The molecule has 33 heavy (non-hydrogen) atoms. The van der Waals surface area contributed by atoms with Crippen molar-refractivity contribution in [3.05, 3.63) is 59.8 Å². The molecule has 0 radical (unpaired) electrons. The predicted molar refractivity (Wildman–Crippen MR) is 130 cm³/mol. The van der Waals surface area contributed by atoms with Gasteiger partial charge < -0.3 is 19.4 Å². The lowest BCUT2D eigenvalue weighted by Crippen LogP contribution is -2.43. The van der Waals surface area contributed by atoms with Gasteiger partial charge in [-0.1, -0.05) is 12.1 Å². The van der Waals surface area contributed by atoms with Crippen LogP contribution in [-0.4, -0.2) is 61.1 Å². The van der Waals surface area contributed by atoms with Crippen LogP contribution in [0.25, 0.3) is 10.9 Å². The van der Waals surface area contributed by atoms with Crippen molar-refractivity contribution >= 4 is 16.8 Å². The van der Waals surface area contributed by atoms with Gasteiger partial charge in [-0.2, -0.15) is 0 Å². The highest BCUT2D eigenvalue weighted by atomic mass is 16.5. The van der Waals surface area contributed by atoms with E-state index in [2.05, 4.69) is 45.2 Å². The first-order chi connectivity index (χ1) is 16.2. The van der Waals surface area contributed by atoms with Gasteiger partial charge in [0, 0.05) is 23.6 Å². The maximum Gasteiger partial charge on any atom is 0.237 e. The number of rotatable bonds is 6. The summed E-state index contributed by atoms with van der Waals surface area (Å²) in [5.41, 5.74) is 3.70. The number of nitrogens with zero attached hydrogens (tertiary/aromatic N) is 2. The average molecular weight is 448 g/mol. The second-order valence-electron chi connectivity index (χ2n) is 9.23. The van der Waals surface area contributed by atoms with Crippen molar-refractivity contribution in [2.24, 2.45) is 0 Å². The number of aromatic nitrogens is 1. The summed E-state index contributed by atoms with van der Waals surface area (Å²) in [6, 6.07) is 14.5. The van der Waals surface area contributed by atoms with Crippen molar-refractivity contribution in [2.45, 2.75) is 37.6 Å². The van der Waals surface area contributed by atoms with Crippen LogP contribution in [0.1, 0.15) is 48.8 Å². The molecule has 0 saturated carbocycles. The molecule has 0 bridgehead atoms. The van der Waals surface area contributed by atoms with Gasteiger partial charge in [-0.15, -0.1) is 0 Å². The van der Waals surface area contributed by atoms with Crippen molar-refractivity contribution in [2.75, 3.05) is 40.4 Å². The van der Waals surface area contributed by atoms with Gasteiger partial charge in [0.25, 0.3) is 0 Å². The third-order valence-electron chi connectivity index (χ3n) is 7.36. The number of amides is 1. The zero-order valence-corrected chi connectivity index (χ0v) is 19.5. The molecule has 6 nitrogen and oxygen atoms in total. The molecule has 2 aromatic carbocycles. The quantitative estimate of drug-likeness (QED) is 0.594. The summed E-state index contributed by atoms with van der Waals surface area (Å²) in [6.45, 7) is 3.25. The van der Waals surface area contributed by atoms with E-state index in [1.807, 2.05) is 18.2 Å². The van der Waals surface area contributed by atoms with Crippen LogP contribution in [0.2, 0.25) is 0 Å². The third-order valence-corrected chi connectivity index (χ3v) is 7.36. The number of carbonyl (C=O) groups excluding carboxylic acids is 1. The number of likely N-dealkylation sites (tertiary alicyclic amines) is 2. The predicted octanol–water partition coefficient (Wildman–Crippen LogP) is 4.73. The van der Waals surface area contributed by atoms with Crippen LogP contribution in [0.3, 0.4) is 0 Å². The molecular formula is C27H33N3O3. The Balaban J connectivity index is 1.21. The highest BCUT2D eigenvalue weighted by molar-refractivity contribution is 5.85. The van der Waals surface area contributed by atoms with Crippen LogP contribution >= 0.6 is 0 Å². The third kappa shape index (κ3) is 4.44. The van der Waals surface area contributed by atoms with E-state index in [4.69, 9.17) is 9.47 Å². The first kappa shape index (κ1) is 21.8. The zero-order valence-electron chi connectivity index (χ0n) is 19.5. The Bertz CT molecular complexity index is 1120. The minimum Gasteiger partial charge on any atom is -0.497 e. The zero-order chi connectivity index (χ0) is 22.8. The summed E-state index contributed by atoms with van der Waals surface area (Å²) >= 11 is 0. The number of aromatic amines is 1. The first-order valence-electron chi connectivity index (χ1n) is 12.0. The first-order valence-corrected chi connectivity index (χ1v) is 12.0. The summed E-state index contributed by atoms with van der Waals surface area (Å²) in [6.07, 6.45) is 6.36. The molecule has 3 heterocycles. The number of fused-ring (bicyclic) bond motifs is 1. The fraction of sp³-hybridized carbons (Fsp3) is 0.444. The molecule has 2 saturated heterocycles. The standard InChI is InChI=1S/C27H33N3O3/c1-32-21-6-3-5-20(15-21)26-7-4-12-30(26)27(31)18-29-13-10-19(11-14-29)24-17-28-25-9-8-22(33-2)16-23(24)25/h3,5-6,8-9,15-17,19,26,28H,4,7,10-14,18H2,1-2H3. The van der Waals surface area contributed by atoms with Crippen molar-refractivity contribution in [3.8, 4) is 11.5 Å². The van der Waals surface area contributed by atoms with Gasteiger partial charge in [-0.05, 0) is 86.1 Å². The number of hydrogen-bond donors (Lipinski definition) is 1. The summed E-state index contributed by atoms with van der Waals surface area (Å²) in [5, 5.41) is 1.25. The molecule has 5 rings (SSSR count). The molecule has 0 spiro atoms. The molecule has 174 valence electrons. The van der Waals surface area contributed by atoms with Crippen LogP contribution < -0.4 is 9.47 Å². The second-order valence-corrected chi connectivity index (χ2v) is 9.23. The number of hydrogen-bond acceptors (Lipinski definition) is 4. The molecule has 1 N–H and O–H groups in total. The minimum absolute atomic E-state index is 0.159. The number of methoxy groups -OCH3 is 2. The van der Waals surface area contributed by atoms with E-state index in [0.29, 0.717) is 12.5 Å². The topological polar surface area (TPSA) is 57.8 Å². The van der Waals surface area contributed by atoms with Crippen LogP contribution in [0, 0.1) is 0 Å². The van der Waals surface area contributed by atoms with Crippen molar-refractivity contribution in [1.82, 2.24) is 14.8 Å². The molecule has 0 aliphatic carbocycles. The van der Waals surface area contributed by atoms with E-state index < -0.39 is 0 Å². The van der Waals surface area contributed by atoms with Gasteiger partial charge in [-0.3, -0.25) is 9.69 Å². The Morgan fingerprint density at radius 3 is 2.58 bits per heavy atom. The summed E-state index contributed by atoms with van der Waals surface area (Å²) in [5.74, 6) is 2.50. The Morgan fingerprint density at radius 2 is 1.79 bits per heavy atom. The molecule has 1 atom stereocenters. The van der Waals surface area contributed by atoms with E-state index >= 15 is 0 Å². The monoisotopic (exact) mass is 447 g/mol. The number of ether oxygens (including phenoxy) is 2. The van der Waals surface area contributed by atoms with Gasteiger partial charge >= 0.3 is 0 Å². The van der Waals surface area contributed by atoms with Gasteiger partial charge in [0.05, 0.1) is 26.8 Å². The van der Waals surface area contributed by atoms with Gasteiger partial charge in [0.15, 0.2) is 0 Å². The van der Waals surface area contributed by atoms with E-state index in [9.17, 15) is 4.79 Å². The molecule has 3 aromatic rings. The summed E-state index contributed by atoms with van der Waals surface area (Å²) in [7, 11) is 3.40. The lowest BCUT2D eigenvalue weighted by Gasteiger charge is -2.33. The maximum atomic E-state index is 13.2. The summed E-state index contributed by atoms with van der Waals surface area (Å²) in [4.78, 5) is 21.1. The van der Waals surface area contributed by atoms with Crippen molar-refractivity contribution in [3.63, 3.8) is 0 Å². The van der Waals surface area contributed by atoms with Gasteiger partial charge in [-0.25, -0.2) is 0 Å². The lowest BCUT2D eigenvalue weighted by molar-refractivity contribution is -0.133. The highest BCUT2D eigenvalue weighted by Crippen LogP contribution is 2.36. The largest absolute Gasteiger partial charge is 0.497 e. The number of H-pyrrole nitrogens is 1. The van der Waals surface area contributed by atoms with Crippen molar-refractivity contribution < 1.29 is 14.3 Å². The Hall–Kier alpha value is -2.99. The lowest BCUT2D eigenvalue weighted by atomic mass is 9.89. The molecule has 1 unspecified atom stereocenters. The number of carbonyl (C=O) groups is 1. The van der Waals surface area contributed by atoms with Gasteiger partial charge in [0.2, 0.25) is 5.91 Å². The van der Waals surface area contributed by atoms with E-state index in [1.165, 1.54) is 16.5 Å². The fourth-order valence-electron chi connectivity index (χ4n) is 5.53. The van der Waals surface area contributed by atoms with E-state index in [1.54, 1.807) is 14.2 Å². The molecular weight excluding hydrogens is 414 g/mol. The Labute approximate surface area is 195 Å². The molecule has 2 aliphatic rings.